The molecule has 1 amide bonds. The second kappa shape index (κ2) is 7.02. The first kappa shape index (κ1) is 15.8. The summed E-state index contributed by atoms with van der Waals surface area (Å²) in [7, 11) is 0. The van der Waals surface area contributed by atoms with Crippen molar-refractivity contribution < 1.29 is 9.90 Å². The molecule has 1 aromatic rings. The summed E-state index contributed by atoms with van der Waals surface area (Å²) in [6, 6.07) is 8.56. The fraction of sp³-hybridized carbons (Fsp3) is 0.588. The molecule has 2 aliphatic rings. The minimum Gasteiger partial charge on any atom is -0.380 e. The van der Waals surface area contributed by atoms with E-state index in [4.69, 9.17) is 0 Å². The van der Waals surface area contributed by atoms with Crippen molar-refractivity contribution in [2.45, 2.75) is 31.4 Å². The van der Waals surface area contributed by atoms with Crippen molar-refractivity contribution in [2.75, 3.05) is 31.1 Å². The van der Waals surface area contributed by atoms with Crippen LogP contribution in [0.25, 0.3) is 0 Å². The molecule has 22 heavy (non-hydrogen) atoms. The molecule has 0 radical (unpaired) electrons. The number of benzene rings is 1. The number of aliphatic hydroxyl groups is 1. The maximum absolute atomic E-state index is 12.2. The summed E-state index contributed by atoms with van der Waals surface area (Å²) in [4.78, 5) is 14.5. The number of fused-ring (bicyclic) bond motifs is 1. The Morgan fingerprint density at radius 3 is 2.77 bits per heavy atom. The van der Waals surface area contributed by atoms with Gasteiger partial charge in [0.05, 0.1) is 0 Å². The highest BCUT2D eigenvalue weighted by molar-refractivity contribution is 7.99. The molecule has 1 fully saturated rings. The van der Waals surface area contributed by atoms with Gasteiger partial charge in [-0.3, -0.25) is 9.69 Å². The zero-order chi connectivity index (χ0) is 15.4. The molecule has 0 atom stereocenters. The Kier molecular flexibility index (Phi) is 5.06. The number of hydrogen-bond acceptors (Lipinski definition) is 4. The van der Waals surface area contributed by atoms with Gasteiger partial charge in [0.25, 0.3) is 5.91 Å². The molecule has 2 aliphatic heterocycles. The van der Waals surface area contributed by atoms with Crippen LogP contribution in [0.3, 0.4) is 0 Å². The molecule has 2 N–H and O–H groups in total. The quantitative estimate of drug-likeness (QED) is 0.881. The number of carbonyl (C=O) groups is 1. The molecular formula is C17H24N2O2S. The molecule has 3 rings (SSSR count). The molecule has 0 unspecified atom stereocenters. The third-order valence-electron chi connectivity index (χ3n) is 4.67. The van der Waals surface area contributed by atoms with Crippen molar-refractivity contribution in [1.82, 2.24) is 10.2 Å². The SMILES string of the molecule is O=C(NCCN1CCc2ccccc2C1)C1(O)CCSCC1. The largest absolute Gasteiger partial charge is 0.380 e. The van der Waals surface area contributed by atoms with Crippen molar-refractivity contribution >= 4 is 17.7 Å². The number of rotatable bonds is 4. The van der Waals surface area contributed by atoms with Gasteiger partial charge < -0.3 is 10.4 Å². The van der Waals surface area contributed by atoms with Gasteiger partial charge >= 0.3 is 0 Å². The highest BCUT2D eigenvalue weighted by atomic mass is 32.2. The number of amides is 1. The summed E-state index contributed by atoms with van der Waals surface area (Å²) in [6.07, 6.45) is 2.21. The van der Waals surface area contributed by atoms with Crippen LogP contribution in [0.15, 0.2) is 24.3 Å². The van der Waals surface area contributed by atoms with Crippen LogP contribution in [0, 0.1) is 0 Å². The van der Waals surface area contributed by atoms with Crippen molar-refractivity contribution in [3.63, 3.8) is 0 Å². The summed E-state index contributed by atoms with van der Waals surface area (Å²) >= 11 is 1.81. The van der Waals surface area contributed by atoms with E-state index in [2.05, 4.69) is 34.5 Å². The summed E-state index contributed by atoms with van der Waals surface area (Å²) in [5, 5.41) is 13.3. The highest BCUT2D eigenvalue weighted by Gasteiger charge is 2.37. The molecule has 0 bridgehead atoms. The fourth-order valence-corrected chi connectivity index (χ4v) is 4.34. The van der Waals surface area contributed by atoms with E-state index in [9.17, 15) is 9.90 Å². The molecule has 0 spiro atoms. The molecule has 2 heterocycles. The lowest BCUT2D eigenvalue weighted by atomic mass is 9.96. The lowest BCUT2D eigenvalue weighted by molar-refractivity contribution is -0.140. The molecule has 1 saturated heterocycles. The maximum Gasteiger partial charge on any atom is 0.252 e. The van der Waals surface area contributed by atoms with E-state index in [0.717, 1.165) is 37.6 Å². The molecule has 4 nitrogen and oxygen atoms in total. The number of nitrogens with zero attached hydrogens (tertiary/aromatic N) is 1. The van der Waals surface area contributed by atoms with Gasteiger partial charge in [-0.15, -0.1) is 0 Å². The van der Waals surface area contributed by atoms with Crippen LogP contribution in [0.4, 0.5) is 0 Å². The number of thioether (sulfide) groups is 1. The Morgan fingerprint density at radius 1 is 1.27 bits per heavy atom. The molecule has 1 aromatic carbocycles. The van der Waals surface area contributed by atoms with Crippen molar-refractivity contribution in [3.05, 3.63) is 35.4 Å². The van der Waals surface area contributed by atoms with E-state index in [1.165, 1.54) is 11.1 Å². The Hall–Kier alpha value is -1.04. The summed E-state index contributed by atoms with van der Waals surface area (Å²) in [5.74, 6) is 1.55. The number of nitrogens with one attached hydrogen (secondary N) is 1. The minimum absolute atomic E-state index is 0.190. The van der Waals surface area contributed by atoms with Crippen LogP contribution in [-0.2, 0) is 17.8 Å². The fourth-order valence-electron chi connectivity index (χ4n) is 3.17. The first-order chi connectivity index (χ1) is 10.7. The van der Waals surface area contributed by atoms with Crippen LogP contribution >= 0.6 is 11.8 Å². The average Bonchev–Trinajstić information content (AvgIpc) is 2.55. The van der Waals surface area contributed by atoms with E-state index in [1.807, 2.05) is 0 Å². The van der Waals surface area contributed by atoms with Gasteiger partial charge in [-0.2, -0.15) is 11.8 Å². The van der Waals surface area contributed by atoms with Gasteiger partial charge in [-0.1, -0.05) is 24.3 Å². The van der Waals surface area contributed by atoms with Gasteiger partial charge in [0.2, 0.25) is 0 Å². The van der Waals surface area contributed by atoms with Gasteiger partial charge in [-0.05, 0) is 41.9 Å². The Bertz CT molecular complexity index is 529. The van der Waals surface area contributed by atoms with Gasteiger partial charge in [-0.25, -0.2) is 0 Å². The van der Waals surface area contributed by atoms with Crippen LogP contribution in [-0.4, -0.2) is 52.7 Å². The molecule has 0 aromatic heterocycles. The van der Waals surface area contributed by atoms with E-state index in [1.54, 1.807) is 11.8 Å². The normalized spacial score (nSPS) is 21.1. The summed E-state index contributed by atoms with van der Waals surface area (Å²) in [5.41, 5.74) is 1.69. The first-order valence-electron chi connectivity index (χ1n) is 8.05. The summed E-state index contributed by atoms with van der Waals surface area (Å²) < 4.78 is 0. The topological polar surface area (TPSA) is 52.6 Å². The Labute approximate surface area is 136 Å². The minimum atomic E-state index is -1.14. The van der Waals surface area contributed by atoms with Crippen LogP contribution in [0.2, 0.25) is 0 Å². The van der Waals surface area contributed by atoms with E-state index in [-0.39, 0.29) is 5.91 Å². The molecular weight excluding hydrogens is 296 g/mol. The third kappa shape index (κ3) is 3.65. The van der Waals surface area contributed by atoms with Gasteiger partial charge in [0, 0.05) is 26.2 Å². The van der Waals surface area contributed by atoms with E-state index < -0.39 is 5.60 Å². The van der Waals surface area contributed by atoms with E-state index >= 15 is 0 Å². The van der Waals surface area contributed by atoms with Crippen LogP contribution in [0.5, 0.6) is 0 Å². The number of carbonyl (C=O) groups excluding carboxylic acids is 1. The molecule has 120 valence electrons. The third-order valence-corrected chi connectivity index (χ3v) is 5.65. The Balaban J connectivity index is 1.45. The van der Waals surface area contributed by atoms with Crippen LogP contribution < -0.4 is 5.32 Å². The zero-order valence-corrected chi connectivity index (χ0v) is 13.7. The van der Waals surface area contributed by atoms with E-state index in [0.29, 0.717) is 19.4 Å². The van der Waals surface area contributed by atoms with Crippen molar-refractivity contribution in [3.8, 4) is 0 Å². The second-order valence-electron chi connectivity index (χ2n) is 6.19. The van der Waals surface area contributed by atoms with Gasteiger partial charge in [0.15, 0.2) is 0 Å². The summed E-state index contributed by atoms with van der Waals surface area (Å²) in [6.45, 7) is 3.43. The van der Waals surface area contributed by atoms with Crippen molar-refractivity contribution in [1.29, 1.82) is 0 Å². The second-order valence-corrected chi connectivity index (χ2v) is 7.42. The molecule has 5 heteroatoms. The smallest absolute Gasteiger partial charge is 0.252 e. The predicted octanol–water partition coefficient (Wildman–Crippen LogP) is 1.42. The van der Waals surface area contributed by atoms with Crippen LogP contribution in [0.1, 0.15) is 24.0 Å². The molecule has 0 saturated carbocycles. The predicted molar refractivity (Wildman–Crippen MR) is 89.9 cm³/mol. The number of hydrogen-bond donors (Lipinski definition) is 2. The maximum atomic E-state index is 12.2. The Morgan fingerprint density at radius 2 is 2.00 bits per heavy atom. The van der Waals surface area contributed by atoms with Gasteiger partial charge in [0.1, 0.15) is 5.60 Å². The lowest BCUT2D eigenvalue weighted by Gasteiger charge is -2.31. The monoisotopic (exact) mass is 320 g/mol. The standard InChI is InChI=1S/C17H24N2O2S/c20-16(17(21)6-11-22-12-7-17)18-8-10-19-9-5-14-3-1-2-4-15(14)13-19/h1-4,21H,5-13H2,(H,18,20). The van der Waals surface area contributed by atoms with Crippen molar-refractivity contribution in [2.24, 2.45) is 0 Å². The molecule has 0 aliphatic carbocycles. The average molecular weight is 320 g/mol. The lowest BCUT2D eigenvalue weighted by Crippen LogP contribution is -2.50. The first-order valence-corrected chi connectivity index (χ1v) is 9.20. The highest BCUT2D eigenvalue weighted by Crippen LogP contribution is 2.27. The zero-order valence-electron chi connectivity index (χ0n) is 12.9.